The zero-order valence-corrected chi connectivity index (χ0v) is 7.15. The summed E-state index contributed by atoms with van der Waals surface area (Å²) in [6.07, 6.45) is 2.50. The van der Waals surface area contributed by atoms with Crippen LogP contribution in [0.25, 0.3) is 0 Å². The van der Waals surface area contributed by atoms with Crippen molar-refractivity contribution in [3.05, 3.63) is 0 Å². The van der Waals surface area contributed by atoms with Crippen molar-refractivity contribution in [2.45, 2.75) is 18.1 Å². The third-order valence-corrected chi connectivity index (χ3v) is 2.76. The summed E-state index contributed by atoms with van der Waals surface area (Å²) in [4.78, 5) is 0. The van der Waals surface area contributed by atoms with E-state index < -0.39 is 0 Å². The predicted octanol–water partition coefficient (Wildman–Crippen LogP) is 1.50. The highest BCUT2D eigenvalue weighted by molar-refractivity contribution is 7.99. The summed E-state index contributed by atoms with van der Waals surface area (Å²) in [6.45, 7) is 1.86. The van der Waals surface area contributed by atoms with E-state index in [1.807, 2.05) is 11.8 Å². The van der Waals surface area contributed by atoms with Gasteiger partial charge in [0.2, 0.25) is 0 Å². The molecule has 3 heteroatoms. The molecule has 1 saturated heterocycles. The van der Waals surface area contributed by atoms with Gasteiger partial charge in [-0.3, -0.25) is 0 Å². The summed E-state index contributed by atoms with van der Waals surface area (Å²) in [7, 11) is 1.73. The van der Waals surface area contributed by atoms with Crippen molar-refractivity contribution in [1.82, 2.24) is 0 Å². The number of methoxy groups -OCH3 is 1. The molecule has 0 radical (unpaired) electrons. The van der Waals surface area contributed by atoms with E-state index in [9.17, 15) is 0 Å². The lowest BCUT2D eigenvalue weighted by molar-refractivity contribution is 0.101. The Labute approximate surface area is 66.3 Å². The van der Waals surface area contributed by atoms with Gasteiger partial charge in [-0.05, 0) is 12.8 Å². The normalized spacial score (nSPS) is 26.7. The summed E-state index contributed by atoms with van der Waals surface area (Å²) >= 11 is 1.85. The number of hydrogen-bond acceptors (Lipinski definition) is 3. The number of rotatable bonds is 3. The predicted molar refractivity (Wildman–Crippen MR) is 43.3 cm³/mol. The van der Waals surface area contributed by atoms with Gasteiger partial charge in [-0.15, -0.1) is 11.8 Å². The Morgan fingerprint density at radius 1 is 1.70 bits per heavy atom. The molecule has 0 saturated carbocycles. The molecule has 0 spiro atoms. The van der Waals surface area contributed by atoms with Crippen molar-refractivity contribution < 1.29 is 9.47 Å². The van der Waals surface area contributed by atoms with Gasteiger partial charge in [-0.1, -0.05) is 0 Å². The van der Waals surface area contributed by atoms with Crippen LogP contribution in [0.5, 0.6) is 0 Å². The summed E-state index contributed by atoms with van der Waals surface area (Å²) in [6, 6.07) is 0. The van der Waals surface area contributed by atoms with Crippen LogP contribution in [0.4, 0.5) is 0 Å². The van der Waals surface area contributed by atoms with Crippen molar-refractivity contribution in [3.63, 3.8) is 0 Å². The molecule has 2 nitrogen and oxygen atoms in total. The molecule has 0 aromatic rings. The molecule has 0 bridgehead atoms. The Hall–Kier alpha value is 0.270. The summed E-state index contributed by atoms with van der Waals surface area (Å²) in [5, 5.41) is 0.675. The Morgan fingerprint density at radius 3 is 3.20 bits per heavy atom. The van der Waals surface area contributed by atoms with E-state index in [2.05, 4.69) is 0 Å². The zero-order chi connectivity index (χ0) is 7.23. The van der Waals surface area contributed by atoms with E-state index in [1.165, 1.54) is 12.8 Å². The first-order valence-electron chi connectivity index (χ1n) is 3.62. The van der Waals surface area contributed by atoms with E-state index in [4.69, 9.17) is 9.47 Å². The van der Waals surface area contributed by atoms with Crippen molar-refractivity contribution >= 4 is 11.8 Å². The van der Waals surface area contributed by atoms with E-state index in [1.54, 1.807) is 7.11 Å². The number of hydrogen-bond donors (Lipinski definition) is 0. The van der Waals surface area contributed by atoms with E-state index >= 15 is 0 Å². The van der Waals surface area contributed by atoms with Gasteiger partial charge in [-0.2, -0.15) is 0 Å². The van der Waals surface area contributed by atoms with Crippen LogP contribution >= 0.6 is 11.8 Å². The molecule has 1 aliphatic rings. The van der Waals surface area contributed by atoms with Gasteiger partial charge in [0.15, 0.2) is 0 Å². The maximum absolute atomic E-state index is 5.30. The van der Waals surface area contributed by atoms with Crippen molar-refractivity contribution in [3.8, 4) is 0 Å². The van der Waals surface area contributed by atoms with Crippen LogP contribution in [0.2, 0.25) is 0 Å². The number of ether oxygens (including phenoxy) is 2. The Bertz CT molecular complexity index is 81.7. The standard InChI is InChI=1S/C7H14O2S/c1-8-6-10-7-3-2-4-9-5-7/h7H,2-6H2,1H3. The van der Waals surface area contributed by atoms with Gasteiger partial charge < -0.3 is 9.47 Å². The minimum Gasteiger partial charge on any atom is -0.380 e. The third kappa shape index (κ3) is 2.90. The molecule has 0 aromatic carbocycles. The molecule has 0 aromatic heterocycles. The second kappa shape index (κ2) is 4.99. The van der Waals surface area contributed by atoms with E-state index in [-0.39, 0.29) is 0 Å². The van der Waals surface area contributed by atoms with Crippen LogP contribution in [0.15, 0.2) is 0 Å². The Morgan fingerprint density at radius 2 is 2.60 bits per heavy atom. The highest BCUT2D eigenvalue weighted by atomic mass is 32.2. The minimum absolute atomic E-state index is 0.675. The van der Waals surface area contributed by atoms with Crippen molar-refractivity contribution in [1.29, 1.82) is 0 Å². The topological polar surface area (TPSA) is 18.5 Å². The van der Waals surface area contributed by atoms with E-state index in [0.717, 1.165) is 19.2 Å². The summed E-state index contributed by atoms with van der Waals surface area (Å²) < 4.78 is 10.3. The van der Waals surface area contributed by atoms with Crippen LogP contribution in [0, 0.1) is 0 Å². The maximum Gasteiger partial charge on any atom is 0.0920 e. The zero-order valence-electron chi connectivity index (χ0n) is 6.34. The fraction of sp³-hybridized carbons (Fsp3) is 1.00. The maximum atomic E-state index is 5.30. The molecule has 1 heterocycles. The molecule has 0 amide bonds. The molecule has 0 N–H and O–H groups in total. The SMILES string of the molecule is COCSC1CCCOC1. The monoisotopic (exact) mass is 162 g/mol. The van der Waals surface area contributed by atoms with E-state index in [0.29, 0.717) is 5.25 Å². The van der Waals surface area contributed by atoms with Gasteiger partial charge >= 0.3 is 0 Å². The fourth-order valence-corrected chi connectivity index (χ4v) is 1.86. The molecular weight excluding hydrogens is 148 g/mol. The quantitative estimate of drug-likeness (QED) is 0.586. The average molecular weight is 162 g/mol. The summed E-state index contributed by atoms with van der Waals surface area (Å²) in [5.41, 5.74) is 0. The first-order valence-corrected chi connectivity index (χ1v) is 4.66. The molecule has 0 aliphatic carbocycles. The summed E-state index contributed by atoms with van der Waals surface area (Å²) in [5.74, 6) is 0.800. The van der Waals surface area contributed by atoms with Gasteiger partial charge in [0, 0.05) is 19.0 Å². The Balaban J connectivity index is 2.02. The van der Waals surface area contributed by atoms with Crippen molar-refractivity contribution in [2.24, 2.45) is 0 Å². The molecule has 1 unspecified atom stereocenters. The van der Waals surface area contributed by atoms with Crippen LogP contribution in [-0.4, -0.2) is 31.5 Å². The van der Waals surface area contributed by atoms with Crippen LogP contribution in [0.3, 0.4) is 0 Å². The second-order valence-corrected chi connectivity index (χ2v) is 3.65. The molecule has 1 rings (SSSR count). The molecular formula is C7H14O2S. The lowest BCUT2D eigenvalue weighted by Crippen LogP contribution is -2.19. The first kappa shape index (κ1) is 8.37. The van der Waals surface area contributed by atoms with Gasteiger partial charge in [0.1, 0.15) is 0 Å². The highest BCUT2D eigenvalue weighted by Gasteiger charge is 2.13. The smallest absolute Gasteiger partial charge is 0.0920 e. The third-order valence-electron chi connectivity index (χ3n) is 1.54. The largest absolute Gasteiger partial charge is 0.380 e. The molecule has 1 fully saturated rings. The van der Waals surface area contributed by atoms with Gasteiger partial charge in [0.25, 0.3) is 0 Å². The average Bonchev–Trinajstić information content (AvgIpc) is 2.03. The minimum atomic E-state index is 0.675. The molecule has 1 aliphatic heterocycles. The van der Waals surface area contributed by atoms with Crippen LogP contribution in [-0.2, 0) is 9.47 Å². The fourth-order valence-electron chi connectivity index (χ4n) is 1.01. The molecule has 1 atom stereocenters. The Kier molecular flexibility index (Phi) is 4.18. The number of thioether (sulfide) groups is 1. The second-order valence-electron chi connectivity index (χ2n) is 2.41. The van der Waals surface area contributed by atoms with Gasteiger partial charge in [-0.25, -0.2) is 0 Å². The molecule has 10 heavy (non-hydrogen) atoms. The van der Waals surface area contributed by atoms with Crippen molar-refractivity contribution in [2.75, 3.05) is 26.3 Å². The lowest BCUT2D eigenvalue weighted by Gasteiger charge is -2.20. The van der Waals surface area contributed by atoms with Crippen LogP contribution in [0.1, 0.15) is 12.8 Å². The first-order chi connectivity index (χ1) is 4.93. The lowest BCUT2D eigenvalue weighted by atomic mass is 10.2. The highest BCUT2D eigenvalue weighted by Crippen LogP contribution is 2.20. The van der Waals surface area contributed by atoms with Crippen LogP contribution < -0.4 is 0 Å². The van der Waals surface area contributed by atoms with Gasteiger partial charge in [0.05, 0.1) is 12.5 Å². The molecule has 60 valence electrons.